The maximum atomic E-state index is 6.03. The number of hydrogen-bond donors (Lipinski definition) is 1. The third kappa shape index (κ3) is 1.20. The molecule has 3 rings (SSSR count). The summed E-state index contributed by atoms with van der Waals surface area (Å²) >= 11 is 11.8. The average Bonchev–Trinajstić information content (AvgIpc) is 2.87. The Morgan fingerprint density at radius 2 is 2.14 bits per heavy atom. The lowest BCUT2D eigenvalue weighted by molar-refractivity contribution is 0.978. The molecular formula is C9H7Cl2N3. The Labute approximate surface area is 90.4 Å². The van der Waals surface area contributed by atoms with Crippen LogP contribution < -0.4 is 0 Å². The van der Waals surface area contributed by atoms with Crippen molar-refractivity contribution in [3.05, 3.63) is 22.1 Å². The minimum Gasteiger partial charge on any atom is -0.281 e. The molecule has 0 aliphatic heterocycles. The first-order valence-electron chi connectivity index (χ1n) is 4.45. The Morgan fingerprint density at radius 3 is 2.86 bits per heavy atom. The van der Waals surface area contributed by atoms with Crippen LogP contribution in [0.15, 0.2) is 6.07 Å². The van der Waals surface area contributed by atoms with Crippen LogP contribution in [0.5, 0.6) is 0 Å². The van der Waals surface area contributed by atoms with Crippen LogP contribution in [0.1, 0.15) is 24.5 Å². The monoisotopic (exact) mass is 227 g/mol. The lowest BCUT2D eigenvalue weighted by atomic mass is 10.2. The van der Waals surface area contributed by atoms with Crippen LogP contribution >= 0.6 is 23.2 Å². The molecule has 0 amide bonds. The second-order valence-corrected chi connectivity index (χ2v) is 4.29. The van der Waals surface area contributed by atoms with Gasteiger partial charge in [-0.15, -0.1) is 0 Å². The van der Waals surface area contributed by atoms with E-state index in [4.69, 9.17) is 23.2 Å². The first kappa shape index (κ1) is 8.50. The van der Waals surface area contributed by atoms with Gasteiger partial charge in [0.05, 0.1) is 10.9 Å². The van der Waals surface area contributed by atoms with E-state index in [0.717, 1.165) is 16.6 Å². The highest BCUT2D eigenvalue weighted by Gasteiger charge is 2.28. The Bertz CT molecular complexity index is 502. The fourth-order valence-corrected chi connectivity index (χ4v) is 2.17. The molecule has 0 atom stereocenters. The van der Waals surface area contributed by atoms with Crippen molar-refractivity contribution in [2.24, 2.45) is 0 Å². The van der Waals surface area contributed by atoms with Gasteiger partial charge < -0.3 is 0 Å². The smallest absolute Gasteiger partial charge is 0.142 e. The molecule has 1 aliphatic carbocycles. The summed E-state index contributed by atoms with van der Waals surface area (Å²) in [6, 6.07) is 1.73. The van der Waals surface area contributed by atoms with Crippen molar-refractivity contribution in [3.63, 3.8) is 0 Å². The minimum atomic E-state index is 0.386. The molecule has 1 saturated carbocycles. The van der Waals surface area contributed by atoms with E-state index in [9.17, 15) is 0 Å². The van der Waals surface area contributed by atoms with E-state index in [1.165, 1.54) is 12.8 Å². The largest absolute Gasteiger partial charge is 0.281 e. The van der Waals surface area contributed by atoms with Crippen LogP contribution in [0.2, 0.25) is 10.3 Å². The van der Waals surface area contributed by atoms with Gasteiger partial charge in [-0.2, -0.15) is 5.10 Å². The van der Waals surface area contributed by atoms with Gasteiger partial charge in [-0.1, -0.05) is 23.2 Å². The van der Waals surface area contributed by atoms with E-state index in [2.05, 4.69) is 15.2 Å². The predicted octanol–water partition coefficient (Wildman–Crippen LogP) is 3.14. The van der Waals surface area contributed by atoms with Crippen molar-refractivity contribution in [1.29, 1.82) is 0 Å². The Kier molecular flexibility index (Phi) is 1.73. The second-order valence-electron chi connectivity index (χ2n) is 3.54. The molecule has 1 fully saturated rings. The number of hydrogen-bond acceptors (Lipinski definition) is 2. The molecule has 0 aromatic carbocycles. The summed E-state index contributed by atoms with van der Waals surface area (Å²) < 4.78 is 0. The summed E-state index contributed by atoms with van der Waals surface area (Å²) in [5, 5.41) is 8.94. The van der Waals surface area contributed by atoms with Crippen molar-refractivity contribution in [2.45, 2.75) is 18.8 Å². The third-order valence-corrected chi connectivity index (χ3v) is 2.94. The van der Waals surface area contributed by atoms with Crippen LogP contribution in [-0.4, -0.2) is 15.2 Å². The fourth-order valence-electron chi connectivity index (χ4n) is 1.65. The quantitative estimate of drug-likeness (QED) is 0.761. The van der Waals surface area contributed by atoms with Gasteiger partial charge >= 0.3 is 0 Å². The molecule has 14 heavy (non-hydrogen) atoms. The summed E-state index contributed by atoms with van der Waals surface area (Å²) in [6.07, 6.45) is 2.41. The van der Waals surface area contributed by atoms with Crippen molar-refractivity contribution >= 4 is 34.1 Å². The van der Waals surface area contributed by atoms with Crippen LogP contribution in [-0.2, 0) is 0 Å². The number of rotatable bonds is 1. The molecule has 72 valence electrons. The molecule has 0 unspecified atom stereocenters. The number of nitrogens with zero attached hydrogens (tertiary/aromatic N) is 2. The summed E-state index contributed by atoms with van der Waals surface area (Å²) in [7, 11) is 0. The van der Waals surface area contributed by atoms with E-state index in [1.54, 1.807) is 6.07 Å². The third-order valence-electron chi connectivity index (χ3n) is 2.47. The van der Waals surface area contributed by atoms with Gasteiger partial charge in [0.1, 0.15) is 10.3 Å². The van der Waals surface area contributed by atoms with Crippen LogP contribution in [0.3, 0.4) is 0 Å². The van der Waals surface area contributed by atoms with Gasteiger partial charge in [0, 0.05) is 17.7 Å². The van der Waals surface area contributed by atoms with E-state index >= 15 is 0 Å². The molecule has 2 heterocycles. The summed E-state index contributed by atoms with van der Waals surface area (Å²) in [5.74, 6) is 0.584. The van der Waals surface area contributed by atoms with Gasteiger partial charge in [-0.25, -0.2) is 4.98 Å². The highest BCUT2D eigenvalue weighted by Crippen LogP contribution is 2.43. The fraction of sp³-hybridized carbons (Fsp3) is 0.333. The molecule has 0 bridgehead atoms. The lowest BCUT2D eigenvalue weighted by Crippen LogP contribution is -1.83. The summed E-state index contributed by atoms with van der Waals surface area (Å²) in [5.41, 5.74) is 1.91. The van der Waals surface area contributed by atoms with Crippen molar-refractivity contribution in [2.75, 3.05) is 0 Å². The molecule has 2 aromatic heterocycles. The molecule has 1 N–H and O–H groups in total. The SMILES string of the molecule is Clc1cc2n[nH]c(C3CC3)c2c(Cl)n1. The second kappa shape index (κ2) is 2.84. The molecule has 5 heteroatoms. The van der Waals surface area contributed by atoms with Gasteiger partial charge in [0.15, 0.2) is 0 Å². The number of aromatic nitrogens is 3. The zero-order valence-corrected chi connectivity index (χ0v) is 8.73. The van der Waals surface area contributed by atoms with Gasteiger partial charge in [0.2, 0.25) is 0 Å². The number of fused-ring (bicyclic) bond motifs is 1. The topological polar surface area (TPSA) is 41.6 Å². The predicted molar refractivity (Wildman–Crippen MR) is 55.9 cm³/mol. The Hall–Kier alpha value is -0.800. The first-order chi connectivity index (χ1) is 6.75. The average molecular weight is 228 g/mol. The summed E-state index contributed by atoms with van der Waals surface area (Å²) in [6.45, 7) is 0. The van der Waals surface area contributed by atoms with Crippen molar-refractivity contribution < 1.29 is 0 Å². The molecule has 1 aliphatic rings. The normalized spacial score (nSPS) is 16.4. The lowest BCUT2D eigenvalue weighted by Gasteiger charge is -1.96. The maximum Gasteiger partial charge on any atom is 0.142 e. The highest BCUT2D eigenvalue weighted by molar-refractivity contribution is 6.36. The van der Waals surface area contributed by atoms with Gasteiger partial charge in [-0.3, -0.25) is 5.10 Å². The molecular weight excluding hydrogens is 221 g/mol. The maximum absolute atomic E-state index is 6.03. The van der Waals surface area contributed by atoms with Gasteiger partial charge in [0.25, 0.3) is 0 Å². The van der Waals surface area contributed by atoms with Crippen LogP contribution in [0.25, 0.3) is 10.9 Å². The highest BCUT2D eigenvalue weighted by atomic mass is 35.5. The van der Waals surface area contributed by atoms with Gasteiger partial charge in [-0.05, 0) is 12.8 Å². The van der Waals surface area contributed by atoms with E-state index < -0.39 is 0 Å². The van der Waals surface area contributed by atoms with Crippen LogP contribution in [0, 0.1) is 0 Å². The molecule has 0 radical (unpaired) electrons. The number of nitrogens with one attached hydrogen (secondary N) is 1. The minimum absolute atomic E-state index is 0.386. The van der Waals surface area contributed by atoms with Crippen LogP contribution in [0.4, 0.5) is 0 Å². The summed E-state index contributed by atoms with van der Waals surface area (Å²) in [4.78, 5) is 4.02. The number of aromatic amines is 1. The molecule has 0 spiro atoms. The number of pyridine rings is 1. The van der Waals surface area contributed by atoms with E-state index in [0.29, 0.717) is 16.2 Å². The number of halogens is 2. The molecule has 0 saturated heterocycles. The molecule has 3 nitrogen and oxygen atoms in total. The van der Waals surface area contributed by atoms with Crippen molar-refractivity contribution in [3.8, 4) is 0 Å². The standard InChI is InChI=1S/C9H7Cl2N3/c10-6-3-5-7(9(11)12-6)8(14-13-5)4-1-2-4/h3-4H,1-2H2,(H,13,14). The number of H-pyrrole nitrogens is 1. The van der Waals surface area contributed by atoms with E-state index in [1.807, 2.05) is 0 Å². The van der Waals surface area contributed by atoms with E-state index in [-0.39, 0.29) is 0 Å². The van der Waals surface area contributed by atoms with Crippen molar-refractivity contribution in [1.82, 2.24) is 15.2 Å². The Morgan fingerprint density at radius 1 is 1.36 bits per heavy atom. The zero-order valence-electron chi connectivity index (χ0n) is 7.22. The molecule has 2 aromatic rings. The first-order valence-corrected chi connectivity index (χ1v) is 5.21. The zero-order chi connectivity index (χ0) is 9.71. The Balaban J connectivity index is 2.33.